The zero-order valence-corrected chi connectivity index (χ0v) is 30.7. The first-order valence-corrected chi connectivity index (χ1v) is 20.4. The molecule has 5 N–H and O–H groups in total. The summed E-state index contributed by atoms with van der Waals surface area (Å²) >= 11 is 0. The van der Waals surface area contributed by atoms with E-state index in [-0.39, 0.29) is 25.7 Å². The summed E-state index contributed by atoms with van der Waals surface area (Å²) in [5.74, 6) is -0.170. The fourth-order valence-electron chi connectivity index (χ4n) is 5.40. The van der Waals surface area contributed by atoms with Crippen LogP contribution in [0, 0.1) is 0 Å². The number of rotatable bonds is 35. The van der Waals surface area contributed by atoms with Gasteiger partial charge < -0.3 is 21.1 Å². The van der Waals surface area contributed by atoms with Crippen molar-refractivity contribution in [3.63, 3.8) is 0 Å². The van der Waals surface area contributed by atoms with Crippen molar-refractivity contribution >= 4 is 13.7 Å². The van der Waals surface area contributed by atoms with Crippen LogP contribution in [0.5, 0.6) is 0 Å². The number of hydrogen-bond donors (Lipinski definition) is 4. The molecule has 46 heavy (non-hydrogen) atoms. The van der Waals surface area contributed by atoms with Crippen molar-refractivity contribution < 1.29 is 28.4 Å². The normalized spacial score (nSPS) is 14.6. The number of phosphoric acid groups is 1. The predicted molar refractivity (Wildman–Crippen MR) is 194 cm³/mol. The van der Waals surface area contributed by atoms with E-state index in [9.17, 15) is 19.4 Å². The van der Waals surface area contributed by atoms with Crippen molar-refractivity contribution in [2.75, 3.05) is 19.8 Å². The minimum Gasteiger partial charge on any atom is -0.391 e. The number of unbranched alkanes of at least 4 members (excludes halogenated alkanes) is 19. The van der Waals surface area contributed by atoms with Crippen LogP contribution in [0.3, 0.4) is 0 Å². The van der Waals surface area contributed by atoms with Crippen molar-refractivity contribution in [2.24, 2.45) is 5.73 Å². The second-order valence-electron chi connectivity index (χ2n) is 12.8. The predicted octanol–water partition coefficient (Wildman–Crippen LogP) is 9.83. The Morgan fingerprint density at radius 3 is 1.76 bits per heavy atom. The zero-order chi connectivity index (χ0) is 34.0. The summed E-state index contributed by atoms with van der Waals surface area (Å²) < 4.78 is 22.0. The zero-order valence-electron chi connectivity index (χ0n) is 29.8. The van der Waals surface area contributed by atoms with Gasteiger partial charge in [0.25, 0.3) is 0 Å². The van der Waals surface area contributed by atoms with Crippen LogP contribution in [0.2, 0.25) is 0 Å². The van der Waals surface area contributed by atoms with Gasteiger partial charge >= 0.3 is 7.82 Å². The van der Waals surface area contributed by atoms with Crippen molar-refractivity contribution in [3.05, 3.63) is 24.3 Å². The van der Waals surface area contributed by atoms with E-state index in [4.69, 9.17) is 14.8 Å². The summed E-state index contributed by atoms with van der Waals surface area (Å²) in [6, 6.07) is -0.772. The van der Waals surface area contributed by atoms with Crippen molar-refractivity contribution in [1.82, 2.24) is 5.32 Å². The van der Waals surface area contributed by atoms with Crippen molar-refractivity contribution in [1.29, 1.82) is 0 Å². The van der Waals surface area contributed by atoms with E-state index >= 15 is 0 Å². The summed E-state index contributed by atoms with van der Waals surface area (Å²) in [4.78, 5) is 22.6. The van der Waals surface area contributed by atoms with Crippen molar-refractivity contribution in [3.8, 4) is 0 Å². The molecule has 1 amide bonds. The lowest BCUT2D eigenvalue weighted by atomic mass is 10.0. The molecule has 0 bridgehead atoms. The van der Waals surface area contributed by atoms with E-state index in [1.807, 2.05) is 0 Å². The Kier molecular flexibility index (Phi) is 33.1. The van der Waals surface area contributed by atoms with Gasteiger partial charge in [-0.25, -0.2) is 4.57 Å². The van der Waals surface area contributed by atoms with Crippen LogP contribution in [0.15, 0.2) is 24.3 Å². The van der Waals surface area contributed by atoms with Crippen LogP contribution in [0.25, 0.3) is 0 Å². The first-order valence-electron chi connectivity index (χ1n) is 19.0. The fraction of sp³-hybridized carbons (Fsp3) is 0.865. The van der Waals surface area contributed by atoms with E-state index in [1.165, 1.54) is 103 Å². The summed E-state index contributed by atoms with van der Waals surface area (Å²) in [6.07, 6.45) is 36.2. The second kappa shape index (κ2) is 33.9. The van der Waals surface area contributed by atoms with Crippen molar-refractivity contribution in [2.45, 2.75) is 187 Å². The SMILES string of the molecule is CCCCC/C=C\C/C=C\CCCCCCCCCCCC(=O)NC(COP(=O)(O)OCCN)C(O)CCCCCCCCCC. The molecule has 0 fully saturated rings. The average molecular weight is 673 g/mol. The highest BCUT2D eigenvalue weighted by molar-refractivity contribution is 7.47. The van der Waals surface area contributed by atoms with Gasteiger partial charge in [-0.1, -0.05) is 147 Å². The van der Waals surface area contributed by atoms with Crippen LogP contribution >= 0.6 is 7.82 Å². The third-order valence-corrected chi connectivity index (χ3v) is 9.29. The van der Waals surface area contributed by atoms with Gasteiger partial charge in [-0.2, -0.15) is 0 Å². The molecular formula is C37H73N2O6P. The molecule has 3 atom stereocenters. The highest BCUT2D eigenvalue weighted by Crippen LogP contribution is 2.43. The van der Waals surface area contributed by atoms with E-state index in [1.54, 1.807) is 0 Å². The third-order valence-electron chi connectivity index (χ3n) is 8.31. The van der Waals surface area contributed by atoms with Crippen LogP contribution < -0.4 is 11.1 Å². The summed E-state index contributed by atoms with van der Waals surface area (Å²) in [7, 11) is -4.30. The van der Waals surface area contributed by atoms with Gasteiger partial charge in [0.1, 0.15) is 0 Å². The minimum absolute atomic E-state index is 0.0880. The number of aliphatic hydroxyl groups is 1. The molecule has 9 heteroatoms. The number of nitrogens with two attached hydrogens (primary N) is 1. The van der Waals surface area contributed by atoms with Gasteiger partial charge in [-0.3, -0.25) is 13.8 Å². The van der Waals surface area contributed by atoms with E-state index < -0.39 is 20.0 Å². The minimum atomic E-state index is -4.30. The maximum absolute atomic E-state index is 12.7. The number of allylic oxidation sites excluding steroid dienone is 4. The molecular weight excluding hydrogens is 599 g/mol. The number of carbonyl (C=O) groups is 1. The second-order valence-corrected chi connectivity index (χ2v) is 14.2. The van der Waals surface area contributed by atoms with Gasteiger partial charge in [0.15, 0.2) is 0 Å². The Morgan fingerprint density at radius 2 is 1.20 bits per heavy atom. The number of carbonyl (C=O) groups excluding carboxylic acids is 1. The summed E-state index contributed by atoms with van der Waals surface area (Å²) in [5.41, 5.74) is 5.35. The van der Waals surface area contributed by atoms with Gasteiger partial charge in [0.05, 0.1) is 25.4 Å². The molecule has 272 valence electrons. The summed E-state index contributed by atoms with van der Waals surface area (Å²) in [6.45, 7) is 4.13. The topological polar surface area (TPSA) is 131 Å². The molecule has 0 aromatic heterocycles. The molecule has 0 saturated carbocycles. The van der Waals surface area contributed by atoms with Crippen LogP contribution in [0.1, 0.15) is 174 Å². The Morgan fingerprint density at radius 1 is 0.717 bits per heavy atom. The Labute approximate surface area is 283 Å². The highest BCUT2D eigenvalue weighted by Gasteiger charge is 2.27. The van der Waals surface area contributed by atoms with E-state index in [0.29, 0.717) is 12.8 Å². The molecule has 0 aromatic carbocycles. The average Bonchev–Trinajstić information content (AvgIpc) is 3.04. The highest BCUT2D eigenvalue weighted by atomic mass is 31.2. The Hall–Kier alpha value is -1.02. The fourth-order valence-corrected chi connectivity index (χ4v) is 6.16. The van der Waals surface area contributed by atoms with Gasteiger partial charge in [-0.05, 0) is 44.9 Å². The largest absolute Gasteiger partial charge is 0.472 e. The molecule has 3 unspecified atom stereocenters. The lowest BCUT2D eigenvalue weighted by Gasteiger charge is -2.25. The van der Waals surface area contributed by atoms with E-state index in [2.05, 4.69) is 43.5 Å². The molecule has 0 aromatic rings. The first-order chi connectivity index (χ1) is 22.4. The van der Waals surface area contributed by atoms with Gasteiger partial charge in [0.2, 0.25) is 5.91 Å². The molecule has 0 aliphatic heterocycles. The molecule has 0 radical (unpaired) electrons. The van der Waals surface area contributed by atoms with Crippen LogP contribution in [-0.2, 0) is 18.4 Å². The quantitative estimate of drug-likeness (QED) is 0.0299. The number of amides is 1. The van der Waals surface area contributed by atoms with Crippen LogP contribution in [0.4, 0.5) is 0 Å². The van der Waals surface area contributed by atoms with Gasteiger partial charge in [0, 0.05) is 13.0 Å². The Balaban J connectivity index is 4.12. The number of nitrogens with one attached hydrogen (secondary N) is 1. The molecule has 8 nitrogen and oxygen atoms in total. The molecule has 0 spiro atoms. The van der Waals surface area contributed by atoms with Gasteiger partial charge in [-0.15, -0.1) is 0 Å². The van der Waals surface area contributed by atoms with E-state index in [0.717, 1.165) is 44.9 Å². The summed E-state index contributed by atoms with van der Waals surface area (Å²) in [5, 5.41) is 13.7. The van der Waals surface area contributed by atoms with Crippen LogP contribution in [-0.4, -0.2) is 47.8 Å². The number of hydrogen-bond acceptors (Lipinski definition) is 6. The maximum atomic E-state index is 12.7. The molecule has 0 saturated heterocycles. The lowest BCUT2D eigenvalue weighted by molar-refractivity contribution is -0.123. The standard InChI is InChI=1S/C37H73N2O6P/c1-3-5-7-9-11-13-14-15-16-17-18-19-20-21-22-23-25-27-29-31-37(41)39-35(34-45-46(42,43)44-33-32-38)36(40)30-28-26-24-12-10-8-6-4-2/h11,13,15-16,35-36,40H,3-10,12,14,17-34,38H2,1-2H3,(H,39,41)(H,42,43)/b13-11-,16-15-. The molecule has 0 aliphatic rings. The monoisotopic (exact) mass is 673 g/mol. The maximum Gasteiger partial charge on any atom is 0.472 e. The first kappa shape index (κ1) is 45.0. The number of phosphoric ester groups is 1. The smallest absolute Gasteiger partial charge is 0.391 e. The lowest BCUT2D eigenvalue weighted by Crippen LogP contribution is -2.46. The number of aliphatic hydroxyl groups excluding tert-OH is 1. The third kappa shape index (κ3) is 31.6. The molecule has 0 aliphatic carbocycles. The molecule has 0 heterocycles. The Bertz CT molecular complexity index is 779. The molecule has 0 rings (SSSR count).